The van der Waals surface area contributed by atoms with Crippen LogP contribution in [0.25, 0.3) is 0 Å². The van der Waals surface area contributed by atoms with Crippen molar-refractivity contribution in [1.82, 2.24) is 0 Å². The van der Waals surface area contributed by atoms with E-state index in [-0.39, 0.29) is 5.41 Å². The van der Waals surface area contributed by atoms with Crippen molar-refractivity contribution in [2.24, 2.45) is 10.5 Å². The fraction of sp³-hybridized carbons (Fsp3) is 0.500. The van der Waals surface area contributed by atoms with Gasteiger partial charge in [0.2, 0.25) is 0 Å². The van der Waals surface area contributed by atoms with E-state index in [1.165, 1.54) is 6.20 Å². The number of nitrogens with one attached hydrogen (secondary N) is 1. The van der Waals surface area contributed by atoms with Gasteiger partial charge in [-0.25, -0.2) is 5.53 Å². The molecule has 0 aromatic heterocycles. The lowest BCUT2D eigenvalue weighted by atomic mass is 9.93. The predicted octanol–water partition coefficient (Wildman–Crippen LogP) is 3.13. The van der Waals surface area contributed by atoms with E-state index in [0.29, 0.717) is 0 Å². The van der Waals surface area contributed by atoms with Crippen LogP contribution in [-0.4, -0.2) is 0 Å². The van der Waals surface area contributed by atoms with Gasteiger partial charge in [0.05, 0.1) is 0 Å². The van der Waals surface area contributed by atoms with Gasteiger partial charge >= 0.3 is 0 Å². The first-order valence-corrected chi connectivity index (χ1v) is 3.30. The first-order valence-electron chi connectivity index (χ1n) is 3.30. The maximum absolute atomic E-state index is 6.53. The summed E-state index contributed by atoms with van der Waals surface area (Å²) in [6, 6.07) is 0. The molecule has 0 amide bonds. The van der Waals surface area contributed by atoms with Gasteiger partial charge < -0.3 is 0 Å². The molecule has 0 aliphatic heterocycles. The fourth-order valence-electron chi connectivity index (χ4n) is 0.714. The summed E-state index contributed by atoms with van der Waals surface area (Å²) in [6.07, 6.45) is 7.45. The molecule has 0 rings (SSSR count). The molecule has 56 valence electrons. The summed E-state index contributed by atoms with van der Waals surface area (Å²) in [6.45, 7) is 6.11. The van der Waals surface area contributed by atoms with Gasteiger partial charge in [0.15, 0.2) is 0 Å². The number of hydrogen-bond acceptors (Lipinski definition) is 2. The molecule has 0 aromatic carbocycles. The highest BCUT2D eigenvalue weighted by Crippen LogP contribution is 2.18. The molecule has 2 nitrogen and oxygen atoms in total. The zero-order valence-electron chi connectivity index (χ0n) is 6.76. The SMILES string of the molecule is C/C=C\C(C)(C)/C=C\N=N. The summed E-state index contributed by atoms with van der Waals surface area (Å²) >= 11 is 0. The minimum Gasteiger partial charge on any atom is -0.205 e. The van der Waals surface area contributed by atoms with Gasteiger partial charge in [0.25, 0.3) is 0 Å². The molecule has 0 radical (unpaired) electrons. The molecule has 0 bridgehead atoms. The molecule has 0 aromatic rings. The summed E-state index contributed by atoms with van der Waals surface area (Å²) < 4.78 is 0. The summed E-state index contributed by atoms with van der Waals surface area (Å²) in [7, 11) is 0. The van der Waals surface area contributed by atoms with E-state index in [1.807, 2.05) is 19.1 Å². The van der Waals surface area contributed by atoms with Crippen LogP contribution in [0, 0.1) is 10.9 Å². The summed E-state index contributed by atoms with van der Waals surface area (Å²) in [5.41, 5.74) is 6.56. The standard InChI is InChI=1S/C8H14N2/c1-4-5-8(2,3)6-7-10-9/h4-7,9H,1-3H3/b5-4-,7-6-,10-9?. The lowest BCUT2D eigenvalue weighted by Crippen LogP contribution is -2.00. The van der Waals surface area contributed by atoms with Crippen LogP contribution in [0.3, 0.4) is 0 Å². The van der Waals surface area contributed by atoms with Crippen LogP contribution in [0.5, 0.6) is 0 Å². The largest absolute Gasteiger partial charge is 0.205 e. The first kappa shape index (κ1) is 9.08. The van der Waals surface area contributed by atoms with E-state index in [9.17, 15) is 0 Å². The molecule has 2 heteroatoms. The lowest BCUT2D eigenvalue weighted by Gasteiger charge is -2.12. The van der Waals surface area contributed by atoms with Crippen molar-refractivity contribution in [1.29, 1.82) is 5.53 Å². The van der Waals surface area contributed by atoms with E-state index in [0.717, 1.165) is 0 Å². The summed E-state index contributed by atoms with van der Waals surface area (Å²) in [5.74, 6) is 0. The van der Waals surface area contributed by atoms with Gasteiger partial charge in [-0.1, -0.05) is 32.1 Å². The Hall–Kier alpha value is -0.920. The van der Waals surface area contributed by atoms with E-state index in [4.69, 9.17) is 5.53 Å². The predicted molar refractivity (Wildman–Crippen MR) is 42.9 cm³/mol. The van der Waals surface area contributed by atoms with Crippen molar-refractivity contribution >= 4 is 0 Å². The van der Waals surface area contributed by atoms with Crippen molar-refractivity contribution in [2.75, 3.05) is 0 Å². The van der Waals surface area contributed by atoms with Crippen LogP contribution in [0.2, 0.25) is 0 Å². The average molecular weight is 138 g/mol. The maximum atomic E-state index is 6.53. The van der Waals surface area contributed by atoms with Crippen molar-refractivity contribution in [3.63, 3.8) is 0 Å². The van der Waals surface area contributed by atoms with E-state index >= 15 is 0 Å². The third-order valence-electron chi connectivity index (χ3n) is 1.17. The van der Waals surface area contributed by atoms with Crippen molar-refractivity contribution in [3.8, 4) is 0 Å². The van der Waals surface area contributed by atoms with Crippen molar-refractivity contribution in [3.05, 3.63) is 24.4 Å². The molecule has 1 N–H and O–H groups in total. The minimum absolute atomic E-state index is 0.0271. The fourth-order valence-corrected chi connectivity index (χ4v) is 0.714. The second-order valence-corrected chi connectivity index (χ2v) is 2.77. The molecule has 0 saturated heterocycles. The minimum atomic E-state index is 0.0271. The highest BCUT2D eigenvalue weighted by Gasteiger charge is 2.06. The lowest BCUT2D eigenvalue weighted by molar-refractivity contribution is 0.622. The van der Waals surface area contributed by atoms with Crippen LogP contribution >= 0.6 is 0 Å². The monoisotopic (exact) mass is 138 g/mol. The second kappa shape index (κ2) is 3.99. The topological polar surface area (TPSA) is 36.2 Å². The third-order valence-corrected chi connectivity index (χ3v) is 1.17. The van der Waals surface area contributed by atoms with Gasteiger partial charge in [-0.15, -0.1) is 0 Å². The Balaban J connectivity index is 4.10. The van der Waals surface area contributed by atoms with Crippen LogP contribution < -0.4 is 0 Å². The normalized spacial score (nSPS) is 13.1. The molecular formula is C8H14N2. The van der Waals surface area contributed by atoms with Gasteiger partial charge in [0.1, 0.15) is 0 Å². The smallest absolute Gasteiger partial charge is 0.0457 e. The number of allylic oxidation sites excluding steroid dienone is 3. The molecule has 0 fully saturated rings. The van der Waals surface area contributed by atoms with Crippen LogP contribution in [-0.2, 0) is 0 Å². The summed E-state index contributed by atoms with van der Waals surface area (Å²) in [5, 5.41) is 3.14. The van der Waals surface area contributed by atoms with Crippen LogP contribution in [0.4, 0.5) is 0 Å². The third kappa shape index (κ3) is 4.01. The highest BCUT2D eigenvalue weighted by molar-refractivity contribution is 5.05. The van der Waals surface area contributed by atoms with E-state index in [1.54, 1.807) is 0 Å². The van der Waals surface area contributed by atoms with E-state index < -0.39 is 0 Å². The molecule has 0 spiro atoms. The Labute approximate surface area is 62.2 Å². The molecule has 0 atom stereocenters. The van der Waals surface area contributed by atoms with Crippen molar-refractivity contribution < 1.29 is 0 Å². The quantitative estimate of drug-likeness (QED) is 0.459. The van der Waals surface area contributed by atoms with Gasteiger partial charge in [-0.05, 0) is 6.92 Å². The molecule has 10 heavy (non-hydrogen) atoms. The first-order chi connectivity index (χ1) is 4.62. The number of rotatable bonds is 3. The zero-order valence-corrected chi connectivity index (χ0v) is 6.76. The number of hydrogen-bond donors (Lipinski definition) is 1. The Bertz CT molecular complexity index is 155. The van der Waals surface area contributed by atoms with Gasteiger partial charge in [-0.3, -0.25) is 0 Å². The summed E-state index contributed by atoms with van der Waals surface area (Å²) in [4.78, 5) is 0. The average Bonchev–Trinajstić information content (AvgIpc) is 1.84. The Morgan fingerprint density at radius 2 is 1.90 bits per heavy atom. The molecular weight excluding hydrogens is 124 g/mol. The van der Waals surface area contributed by atoms with Crippen molar-refractivity contribution in [2.45, 2.75) is 20.8 Å². The molecule has 0 saturated carbocycles. The second-order valence-electron chi connectivity index (χ2n) is 2.77. The van der Waals surface area contributed by atoms with E-state index in [2.05, 4.69) is 25.0 Å². The Morgan fingerprint density at radius 1 is 1.30 bits per heavy atom. The molecule has 0 unspecified atom stereocenters. The van der Waals surface area contributed by atoms with Gasteiger partial charge in [-0.2, -0.15) is 5.11 Å². The highest BCUT2D eigenvalue weighted by atomic mass is 14.9. The maximum Gasteiger partial charge on any atom is 0.0457 e. The zero-order chi connectivity index (χ0) is 8.04. The number of nitrogens with zero attached hydrogens (tertiary/aromatic N) is 1. The van der Waals surface area contributed by atoms with Gasteiger partial charge in [0, 0.05) is 11.6 Å². The van der Waals surface area contributed by atoms with Crippen LogP contribution in [0.1, 0.15) is 20.8 Å². The van der Waals surface area contributed by atoms with Crippen LogP contribution in [0.15, 0.2) is 29.5 Å². The molecule has 0 aliphatic rings. The Kier molecular flexibility index (Phi) is 3.62. The Morgan fingerprint density at radius 3 is 2.30 bits per heavy atom. The molecule has 0 aliphatic carbocycles. The molecule has 0 heterocycles.